The monoisotopic (exact) mass is 250 g/mol. The lowest BCUT2D eigenvalue weighted by Gasteiger charge is -2.05. The van der Waals surface area contributed by atoms with Gasteiger partial charge in [0, 0.05) is 23.6 Å². The van der Waals surface area contributed by atoms with Crippen molar-refractivity contribution in [3.05, 3.63) is 71.7 Å². The fourth-order valence-corrected chi connectivity index (χ4v) is 2.25. The number of nitrogens with zero attached hydrogens (tertiary/aromatic N) is 2. The molecule has 92 valence electrons. The van der Waals surface area contributed by atoms with Crippen LogP contribution in [0, 0.1) is 17.1 Å². The first-order valence-electron chi connectivity index (χ1n) is 6.00. The first kappa shape index (κ1) is 11.5. The third-order valence-electron chi connectivity index (χ3n) is 3.18. The molecule has 3 rings (SSSR count). The second kappa shape index (κ2) is 4.58. The molecule has 0 spiro atoms. The van der Waals surface area contributed by atoms with Crippen LogP contribution >= 0.6 is 0 Å². The van der Waals surface area contributed by atoms with Gasteiger partial charge < -0.3 is 4.57 Å². The van der Waals surface area contributed by atoms with Crippen LogP contribution in [0.15, 0.2) is 54.7 Å². The summed E-state index contributed by atoms with van der Waals surface area (Å²) in [5.74, 6) is -0.237. The van der Waals surface area contributed by atoms with Crippen LogP contribution < -0.4 is 0 Å². The summed E-state index contributed by atoms with van der Waals surface area (Å²) >= 11 is 0. The summed E-state index contributed by atoms with van der Waals surface area (Å²) < 4.78 is 14.9. The second-order valence-corrected chi connectivity index (χ2v) is 4.43. The van der Waals surface area contributed by atoms with E-state index >= 15 is 0 Å². The number of hydrogen-bond acceptors (Lipinski definition) is 1. The zero-order chi connectivity index (χ0) is 13.2. The fraction of sp³-hybridized carbons (Fsp3) is 0.0625. The number of para-hydroxylation sites is 1. The summed E-state index contributed by atoms with van der Waals surface area (Å²) in [4.78, 5) is 0. The van der Waals surface area contributed by atoms with Crippen molar-refractivity contribution < 1.29 is 4.39 Å². The summed E-state index contributed by atoms with van der Waals surface area (Å²) in [7, 11) is 0. The number of nitriles is 1. The molecule has 3 aromatic rings. The number of rotatable bonds is 2. The van der Waals surface area contributed by atoms with Gasteiger partial charge in [-0.25, -0.2) is 4.39 Å². The lowest BCUT2D eigenvalue weighted by atomic mass is 10.2. The second-order valence-electron chi connectivity index (χ2n) is 4.43. The van der Waals surface area contributed by atoms with Crippen LogP contribution in [0.1, 0.15) is 11.1 Å². The maximum Gasteiger partial charge on any atom is 0.123 e. The SMILES string of the molecule is N#Cc1cn(Cc2ccc(F)cc2)c2ccccc12. The Hall–Kier alpha value is -2.60. The highest BCUT2D eigenvalue weighted by molar-refractivity contribution is 5.86. The Morgan fingerprint density at radius 1 is 1.05 bits per heavy atom. The van der Waals surface area contributed by atoms with Crippen molar-refractivity contribution >= 4 is 10.9 Å². The summed E-state index contributed by atoms with van der Waals surface area (Å²) in [6, 6.07) is 16.4. The quantitative estimate of drug-likeness (QED) is 0.681. The molecular formula is C16H11FN2. The molecule has 0 fully saturated rings. The summed E-state index contributed by atoms with van der Waals surface area (Å²) in [5.41, 5.74) is 2.69. The largest absolute Gasteiger partial charge is 0.342 e. The van der Waals surface area contributed by atoms with Gasteiger partial charge in [0.25, 0.3) is 0 Å². The first-order chi connectivity index (χ1) is 9.28. The van der Waals surface area contributed by atoms with Crippen LogP contribution in [0.25, 0.3) is 10.9 Å². The molecule has 1 aromatic heterocycles. The van der Waals surface area contributed by atoms with Crippen LogP contribution in [-0.2, 0) is 6.54 Å². The number of benzene rings is 2. The predicted molar refractivity (Wildman–Crippen MR) is 72.2 cm³/mol. The molecule has 0 aliphatic rings. The average Bonchev–Trinajstić information content (AvgIpc) is 2.80. The van der Waals surface area contributed by atoms with E-state index in [0.29, 0.717) is 12.1 Å². The van der Waals surface area contributed by atoms with Gasteiger partial charge in [0.05, 0.1) is 5.56 Å². The summed E-state index contributed by atoms with van der Waals surface area (Å²) in [6.07, 6.45) is 1.84. The standard InChI is InChI=1S/C16H11FN2/c17-14-7-5-12(6-8-14)10-19-11-13(9-18)15-3-1-2-4-16(15)19/h1-8,11H,10H2. The minimum Gasteiger partial charge on any atom is -0.342 e. The van der Waals surface area contributed by atoms with Crippen LogP contribution in [-0.4, -0.2) is 4.57 Å². The van der Waals surface area contributed by atoms with Gasteiger partial charge in [-0.05, 0) is 23.8 Å². The molecule has 0 aliphatic heterocycles. The molecule has 0 unspecified atom stereocenters. The van der Waals surface area contributed by atoms with Gasteiger partial charge in [-0.3, -0.25) is 0 Å². The van der Waals surface area contributed by atoms with E-state index in [1.807, 2.05) is 35.0 Å². The highest BCUT2D eigenvalue weighted by Crippen LogP contribution is 2.21. The molecule has 0 amide bonds. The molecule has 0 N–H and O–H groups in total. The van der Waals surface area contributed by atoms with Crippen molar-refractivity contribution in [1.29, 1.82) is 5.26 Å². The molecule has 3 heteroatoms. The average molecular weight is 250 g/mol. The molecule has 1 heterocycles. The molecule has 0 saturated heterocycles. The zero-order valence-corrected chi connectivity index (χ0v) is 10.2. The molecule has 0 saturated carbocycles. The van der Waals surface area contributed by atoms with Gasteiger partial charge in [0.2, 0.25) is 0 Å². The molecule has 2 nitrogen and oxygen atoms in total. The Labute approximate surface area is 110 Å². The van der Waals surface area contributed by atoms with Gasteiger partial charge in [-0.15, -0.1) is 0 Å². The third-order valence-corrected chi connectivity index (χ3v) is 3.18. The van der Waals surface area contributed by atoms with E-state index in [0.717, 1.165) is 16.5 Å². The predicted octanol–water partition coefficient (Wildman–Crippen LogP) is 3.70. The molecule has 19 heavy (non-hydrogen) atoms. The molecule has 0 aliphatic carbocycles. The number of halogens is 1. The van der Waals surface area contributed by atoms with E-state index in [4.69, 9.17) is 5.26 Å². The first-order valence-corrected chi connectivity index (χ1v) is 6.00. The fourth-order valence-electron chi connectivity index (χ4n) is 2.25. The highest BCUT2D eigenvalue weighted by atomic mass is 19.1. The normalized spacial score (nSPS) is 10.5. The number of fused-ring (bicyclic) bond motifs is 1. The van der Waals surface area contributed by atoms with E-state index < -0.39 is 0 Å². The van der Waals surface area contributed by atoms with Crippen LogP contribution in [0.2, 0.25) is 0 Å². The minimum absolute atomic E-state index is 0.237. The number of hydrogen-bond donors (Lipinski definition) is 0. The highest BCUT2D eigenvalue weighted by Gasteiger charge is 2.07. The summed E-state index contributed by atoms with van der Waals surface area (Å²) in [6.45, 7) is 0.627. The van der Waals surface area contributed by atoms with Crippen LogP contribution in [0.5, 0.6) is 0 Å². The minimum atomic E-state index is -0.237. The maximum absolute atomic E-state index is 12.9. The van der Waals surface area contributed by atoms with Crippen LogP contribution in [0.3, 0.4) is 0 Å². The number of aromatic nitrogens is 1. The lowest BCUT2D eigenvalue weighted by molar-refractivity contribution is 0.626. The summed E-state index contributed by atoms with van der Waals surface area (Å²) in [5, 5.41) is 10.1. The molecule has 0 radical (unpaired) electrons. The van der Waals surface area contributed by atoms with Crippen LogP contribution in [0.4, 0.5) is 4.39 Å². The van der Waals surface area contributed by atoms with Crippen molar-refractivity contribution in [1.82, 2.24) is 4.57 Å². The van der Waals surface area contributed by atoms with Gasteiger partial charge in [0.1, 0.15) is 11.9 Å². The Morgan fingerprint density at radius 2 is 1.79 bits per heavy atom. The maximum atomic E-state index is 12.9. The van der Waals surface area contributed by atoms with E-state index in [2.05, 4.69) is 6.07 Å². The van der Waals surface area contributed by atoms with Gasteiger partial charge in [-0.1, -0.05) is 30.3 Å². The van der Waals surface area contributed by atoms with Crippen molar-refractivity contribution in [2.75, 3.05) is 0 Å². The van der Waals surface area contributed by atoms with Crippen molar-refractivity contribution in [2.45, 2.75) is 6.54 Å². The zero-order valence-electron chi connectivity index (χ0n) is 10.2. The Kier molecular flexibility index (Phi) is 2.77. The lowest BCUT2D eigenvalue weighted by Crippen LogP contribution is -1.97. The Bertz CT molecular complexity index is 764. The van der Waals surface area contributed by atoms with Gasteiger partial charge >= 0.3 is 0 Å². The van der Waals surface area contributed by atoms with E-state index in [1.54, 1.807) is 12.1 Å². The molecule has 2 aromatic carbocycles. The van der Waals surface area contributed by atoms with Gasteiger partial charge in [0.15, 0.2) is 0 Å². The van der Waals surface area contributed by atoms with Gasteiger partial charge in [-0.2, -0.15) is 5.26 Å². The van der Waals surface area contributed by atoms with E-state index in [9.17, 15) is 4.39 Å². The van der Waals surface area contributed by atoms with E-state index in [1.165, 1.54) is 12.1 Å². The third kappa shape index (κ3) is 2.09. The topological polar surface area (TPSA) is 28.7 Å². The molecule has 0 bridgehead atoms. The smallest absolute Gasteiger partial charge is 0.123 e. The Balaban J connectivity index is 2.06. The molecule has 0 atom stereocenters. The Morgan fingerprint density at radius 3 is 2.53 bits per heavy atom. The molecular weight excluding hydrogens is 239 g/mol. The van der Waals surface area contributed by atoms with Crippen molar-refractivity contribution in [3.63, 3.8) is 0 Å². The van der Waals surface area contributed by atoms with Crippen molar-refractivity contribution in [3.8, 4) is 6.07 Å². The van der Waals surface area contributed by atoms with E-state index in [-0.39, 0.29) is 5.82 Å². The van der Waals surface area contributed by atoms with Crippen molar-refractivity contribution in [2.24, 2.45) is 0 Å².